The molecular formula is C18H20N2. The van der Waals surface area contributed by atoms with Crippen molar-refractivity contribution in [2.45, 2.75) is 38.6 Å². The molecule has 0 saturated heterocycles. The zero-order chi connectivity index (χ0) is 13.4. The lowest BCUT2D eigenvalue weighted by atomic mass is 9.89. The van der Waals surface area contributed by atoms with Gasteiger partial charge in [0.05, 0.1) is 5.52 Å². The topological polar surface area (TPSA) is 17.8 Å². The molecule has 1 aromatic rings. The van der Waals surface area contributed by atoms with E-state index in [9.17, 15) is 0 Å². The molecule has 2 heterocycles. The minimum absolute atomic E-state index is 0.861. The molecular weight excluding hydrogens is 244 g/mol. The van der Waals surface area contributed by atoms with Gasteiger partial charge in [0.15, 0.2) is 0 Å². The van der Waals surface area contributed by atoms with Gasteiger partial charge in [-0.2, -0.15) is 0 Å². The van der Waals surface area contributed by atoms with Gasteiger partial charge in [-0.25, -0.2) is 0 Å². The van der Waals surface area contributed by atoms with Crippen molar-refractivity contribution in [1.82, 2.24) is 9.55 Å². The summed E-state index contributed by atoms with van der Waals surface area (Å²) in [6, 6.07) is 8.80. The highest BCUT2D eigenvalue weighted by Gasteiger charge is 2.17. The predicted molar refractivity (Wildman–Crippen MR) is 82.9 cm³/mol. The third-order valence-corrected chi connectivity index (χ3v) is 4.72. The van der Waals surface area contributed by atoms with Crippen LogP contribution < -0.4 is 0 Å². The summed E-state index contributed by atoms with van der Waals surface area (Å²) in [4.78, 5) is 4.22. The standard InChI is InChI=1S/C18H20N2/c1-2-4-14(5-3-1)13-20-11-8-16-12-15-6-9-19-10-7-17(15)18(16)20/h6-12,14H,1-5,13H2. The number of fused-ring (bicyclic) bond motifs is 3. The highest BCUT2D eigenvalue weighted by molar-refractivity contribution is 6.00. The first-order valence-corrected chi connectivity index (χ1v) is 7.73. The minimum Gasteiger partial charge on any atom is -0.347 e. The average molecular weight is 264 g/mol. The Morgan fingerprint density at radius 2 is 1.90 bits per heavy atom. The minimum atomic E-state index is 0.861. The van der Waals surface area contributed by atoms with Gasteiger partial charge in [0.25, 0.3) is 0 Å². The van der Waals surface area contributed by atoms with Gasteiger partial charge in [0, 0.05) is 36.1 Å². The summed E-state index contributed by atoms with van der Waals surface area (Å²) in [5.41, 5.74) is 4.02. The van der Waals surface area contributed by atoms with Crippen LogP contribution in [0.1, 0.15) is 32.1 Å². The maximum Gasteiger partial charge on any atom is 0.0560 e. The van der Waals surface area contributed by atoms with Gasteiger partial charge >= 0.3 is 0 Å². The van der Waals surface area contributed by atoms with Gasteiger partial charge in [-0.05, 0) is 48.6 Å². The summed E-state index contributed by atoms with van der Waals surface area (Å²) in [7, 11) is 0. The molecule has 1 saturated carbocycles. The van der Waals surface area contributed by atoms with E-state index in [2.05, 4.69) is 40.0 Å². The van der Waals surface area contributed by atoms with Crippen LogP contribution in [-0.4, -0.2) is 9.55 Å². The zero-order valence-corrected chi connectivity index (χ0v) is 11.8. The predicted octanol–water partition coefficient (Wildman–Crippen LogP) is 4.72. The summed E-state index contributed by atoms with van der Waals surface area (Å²) < 4.78 is 2.47. The van der Waals surface area contributed by atoms with Crippen molar-refractivity contribution in [1.29, 1.82) is 0 Å². The molecule has 2 aliphatic carbocycles. The molecule has 1 aromatic heterocycles. The molecule has 0 bridgehead atoms. The zero-order valence-electron chi connectivity index (χ0n) is 11.8. The van der Waals surface area contributed by atoms with Crippen molar-refractivity contribution in [3.05, 3.63) is 42.9 Å². The first kappa shape index (κ1) is 12.0. The Hall–Kier alpha value is -1.83. The first-order chi connectivity index (χ1) is 9.92. The summed E-state index contributed by atoms with van der Waals surface area (Å²) in [6.07, 6.45) is 13.1. The highest BCUT2D eigenvalue weighted by atomic mass is 15.0. The maximum absolute atomic E-state index is 4.22. The molecule has 0 radical (unpaired) electrons. The molecule has 1 fully saturated rings. The molecule has 2 heteroatoms. The van der Waals surface area contributed by atoms with Crippen molar-refractivity contribution in [2.75, 3.05) is 0 Å². The van der Waals surface area contributed by atoms with Crippen LogP contribution in [0.15, 0.2) is 42.9 Å². The Kier molecular flexibility index (Phi) is 2.95. The van der Waals surface area contributed by atoms with Crippen LogP contribution in [0.5, 0.6) is 0 Å². The fourth-order valence-corrected chi connectivity index (χ4v) is 3.70. The van der Waals surface area contributed by atoms with E-state index in [0.29, 0.717) is 0 Å². The fraction of sp³-hybridized carbons (Fsp3) is 0.389. The molecule has 0 amide bonds. The monoisotopic (exact) mass is 264 g/mol. The van der Waals surface area contributed by atoms with Gasteiger partial charge in [-0.3, -0.25) is 4.98 Å². The quantitative estimate of drug-likeness (QED) is 0.654. The Labute approximate surface area is 119 Å². The highest BCUT2D eigenvalue weighted by Crippen LogP contribution is 2.35. The molecule has 1 aliphatic heterocycles. The van der Waals surface area contributed by atoms with E-state index in [1.54, 1.807) is 0 Å². The van der Waals surface area contributed by atoms with Crippen molar-refractivity contribution >= 4 is 10.9 Å². The Morgan fingerprint density at radius 1 is 1.05 bits per heavy atom. The average Bonchev–Trinajstić information content (AvgIpc) is 2.93. The van der Waals surface area contributed by atoms with E-state index in [4.69, 9.17) is 0 Å². The molecule has 0 atom stereocenters. The van der Waals surface area contributed by atoms with Crippen molar-refractivity contribution < 1.29 is 0 Å². The van der Waals surface area contributed by atoms with Gasteiger partial charge < -0.3 is 4.57 Å². The van der Waals surface area contributed by atoms with Crippen LogP contribution in [0.25, 0.3) is 22.0 Å². The van der Waals surface area contributed by atoms with Crippen LogP contribution >= 0.6 is 0 Å². The lowest BCUT2D eigenvalue weighted by Crippen LogP contribution is -2.13. The second kappa shape index (κ2) is 4.93. The molecule has 3 aliphatic rings. The lowest BCUT2D eigenvalue weighted by molar-refractivity contribution is 0.323. The summed E-state index contributed by atoms with van der Waals surface area (Å²) in [5, 5.41) is 1.36. The van der Waals surface area contributed by atoms with Crippen molar-refractivity contribution in [3.63, 3.8) is 0 Å². The molecule has 102 valence electrons. The Balaban J connectivity index is 1.75. The molecule has 20 heavy (non-hydrogen) atoms. The van der Waals surface area contributed by atoms with E-state index in [0.717, 1.165) is 5.92 Å². The smallest absolute Gasteiger partial charge is 0.0560 e. The summed E-state index contributed by atoms with van der Waals surface area (Å²) >= 11 is 0. The van der Waals surface area contributed by atoms with Crippen LogP contribution in [-0.2, 0) is 6.54 Å². The normalized spacial score (nSPS) is 17.0. The third kappa shape index (κ3) is 2.00. The van der Waals surface area contributed by atoms with Gasteiger partial charge in [0.1, 0.15) is 0 Å². The van der Waals surface area contributed by atoms with E-state index < -0.39 is 0 Å². The maximum atomic E-state index is 4.22. The second-order valence-electron chi connectivity index (χ2n) is 6.07. The third-order valence-electron chi connectivity index (χ3n) is 4.72. The molecule has 2 nitrogen and oxygen atoms in total. The van der Waals surface area contributed by atoms with Crippen LogP contribution in [0, 0.1) is 5.92 Å². The summed E-state index contributed by atoms with van der Waals surface area (Å²) in [6.45, 7) is 1.18. The molecule has 4 rings (SSSR count). The van der Waals surface area contributed by atoms with E-state index in [1.807, 2.05) is 12.4 Å². The molecule has 0 spiro atoms. The largest absolute Gasteiger partial charge is 0.347 e. The Bertz CT molecular complexity index is 692. The number of aromatic nitrogens is 2. The van der Waals surface area contributed by atoms with Crippen molar-refractivity contribution in [2.24, 2.45) is 5.92 Å². The van der Waals surface area contributed by atoms with Crippen LogP contribution in [0.4, 0.5) is 0 Å². The van der Waals surface area contributed by atoms with Crippen LogP contribution in [0.3, 0.4) is 0 Å². The SMILES string of the molecule is c1cc2cc3ccn(CC4CCCCC4)c3c-2ccn1. The molecule has 0 unspecified atom stereocenters. The number of rotatable bonds is 2. The fourth-order valence-electron chi connectivity index (χ4n) is 3.70. The number of hydrogen-bond donors (Lipinski definition) is 0. The Morgan fingerprint density at radius 3 is 2.80 bits per heavy atom. The van der Waals surface area contributed by atoms with Crippen LogP contribution in [0.2, 0.25) is 0 Å². The van der Waals surface area contributed by atoms with Crippen molar-refractivity contribution in [3.8, 4) is 11.1 Å². The van der Waals surface area contributed by atoms with E-state index in [-0.39, 0.29) is 0 Å². The van der Waals surface area contributed by atoms with Gasteiger partial charge in [-0.15, -0.1) is 0 Å². The number of hydrogen-bond acceptors (Lipinski definition) is 1. The lowest BCUT2D eigenvalue weighted by Gasteiger charge is -2.22. The molecule has 0 aromatic carbocycles. The van der Waals surface area contributed by atoms with E-state index in [1.165, 1.54) is 60.7 Å². The van der Waals surface area contributed by atoms with Gasteiger partial charge in [0.2, 0.25) is 0 Å². The van der Waals surface area contributed by atoms with Gasteiger partial charge in [-0.1, -0.05) is 19.3 Å². The first-order valence-electron chi connectivity index (χ1n) is 7.73. The number of nitrogens with zero attached hydrogens (tertiary/aromatic N) is 2. The second-order valence-corrected chi connectivity index (χ2v) is 6.07. The summed E-state index contributed by atoms with van der Waals surface area (Å²) in [5.74, 6) is 0.861. The molecule has 0 N–H and O–H groups in total. The van der Waals surface area contributed by atoms with E-state index >= 15 is 0 Å².